The number of carbonyl (C=O) groups excluding carboxylic acids is 1. The van der Waals surface area contributed by atoms with Gasteiger partial charge in [0.15, 0.2) is 6.04 Å². The summed E-state index contributed by atoms with van der Waals surface area (Å²) in [4.78, 5) is 12.1. The second kappa shape index (κ2) is 6.76. The quantitative estimate of drug-likeness (QED) is 0.872. The van der Waals surface area contributed by atoms with E-state index in [1.165, 1.54) is 0 Å². The molecular weight excluding hydrogens is 328 g/mol. The second-order valence-electron chi connectivity index (χ2n) is 6.46. The zero-order valence-corrected chi connectivity index (χ0v) is 14.9. The molecule has 3 heterocycles. The predicted molar refractivity (Wildman–Crippen MR) is 100 cm³/mol. The molecule has 1 aromatic rings. The first-order valence-corrected chi connectivity index (χ1v) is 8.84. The molecule has 1 aliphatic carbocycles. The summed E-state index contributed by atoms with van der Waals surface area (Å²) in [5, 5.41) is 10.5. The molecule has 7 heteroatoms. The molecule has 0 aromatic carbocycles. The maximum absolute atomic E-state index is 12.1. The van der Waals surface area contributed by atoms with Gasteiger partial charge in [0.05, 0.1) is 17.1 Å². The first kappa shape index (κ1) is 16.5. The number of hydrogen-bond acceptors (Lipinski definition) is 5. The highest BCUT2D eigenvalue weighted by Gasteiger charge is 2.40. The first-order valence-electron chi connectivity index (χ1n) is 8.84. The van der Waals surface area contributed by atoms with Gasteiger partial charge in [-0.15, -0.1) is 0 Å². The third-order valence-electron chi connectivity index (χ3n) is 4.87. The molecule has 0 bridgehead atoms. The van der Waals surface area contributed by atoms with E-state index in [1.807, 2.05) is 36.9 Å². The van der Waals surface area contributed by atoms with E-state index in [-0.39, 0.29) is 5.91 Å². The largest absolute Gasteiger partial charge is 0.306 e. The summed E-state index contributed by atoms with van der Waals surface area (Å²) in [5.41, 5.74) is 9.80. The summed E-state index contributed by atoms with van der Waals surface area (Å²) >= 11 is 0. The minimum atomic E-state index is -0.423. The van der Waals surface area contributed by atoms with Crippen molar-refractivity contribution in [3.63, 3.8) is 0 Å². The van der Waals surface area contributed by atoms with E-state index in [9.17, 15) is 4.79 Å². The number of fused-ring (bicyclic) bond motifs is 1. The van der Waals surface area contributed by atoms with Gasteiger partial charge in [-0.05, 0) is 38.3 Å². The Morgan fingerprint density at radius 1 is 1.35 bits per heavy atom. The Labute approximate surface area is 152 Å². The first-order chi connectivity index (χ1) is 12.7. The van der Waals surface area contributed by atoms with Crippen molar-refractivity contribution in [2.45, 2.75) is 26.3 Å². The van der Waals surface area contributed by atoms with Crippen LogP contribution in [0.25, 0.3) is 5.70 Å². The van der Waals surface area contributed by atoms with E-state index in [1.54, 1.807) is 6.20 Å². The Bertz CT molecular complexity index is 859. The molecule has 4 rings (SSSR count). The van der Waals surface area contributed by atoms with E-state index in [0.717, 1.165) is 35.6 Å². The molecule has 26 heavy (non-hydrogen) atoms. The number of allylic oxidation sites excluding steroid dienone is 6. The molecule has 2 aliphatic heterocycles. The SMILES string of the molecule is C/C=C1/C2=NNC(=O)C2NN(CC2C=CC(n3cccn3)=CC2)/C1=C/C. The van der Waals surface area contributed by atoms with Crippen LogP contribution in [0.3, 0.4) is 0 Å². The van der Waals surface area contributed by atoms with Gasteiger partial charge in [0.25, 0.3) is 5.91 Å². The Kier molecular flexibility index (Phi) is 4.30. The van der Waals surface area contributed by atoms with E-state index >= 15 is 0 Å². The maximum atomic E-state index is 12.1. The van der Waals surface area contributed by atoms with E-state index in [0.29, 0.717) is 5.92 Å². The van der Waals surface area contributed by atoms with Crippen LogP contribution < -0.4 is 10.9 Å². The van der Waals surface area contributed by atoms with Crippen LogP contribution in [0.5, 0.6) is 0 Å². The van der Waals surface area contributed by atoms with Crippen LogP contribution in [0, 0.1) is 5.92 Å². The number of amides is 1. The minimum absolute atomic E-state index is 0.112. The van der Waals surface area contributed by atoms with E-state index < -0.39 is 6.04 Å². The van der Waals surface area contributed by atoms with Gasteiger partial charge >= 0.3 is 0 Å². The fraction of sp³-hybridized carbons (Fsp3) is 0.316. The lowest BCUT2D eigenvalue weighted by Gasteiger charge is -2.38. The molecule has 0 spiro atoms. The van der Waals surface area contributed by atoms with Crippen LogP contribution >= 0.6 is 0 Å². The number of aromatic nitrogens is 2. The molecule has 2 atom stereocenters. The predicted octanol–water partition coefficient (Wildman–Crippen LogP) is 1.82. The zero-order valence-electron chi connectivity index (χ0n) is 14.9. The number of nitrogens with zero attached hydrogens (tertiary/aromatic N) is 4. The Hall–Kier alpha value is -2.93. The third kappa shape index (κ3) is 2.80. The lowest BCUT2D eigenvalue weighted by molar-refractivity contribution is -0.121. The smallest absolute Gasteiger partial charge is 0.265 e. The van der Waals surface area contributed by atoms with Crippen molar-refractivity contribution in [1.29, 1.82) is 0 Å². The number of rotatable bonds is 3. The summed E-state index contributed by atoms with van der Waals surface area (Å²) in [6, 6.07) is 1.49. The van der Waals surface area contributed by atoms with Gasteiger partial charge in [0, 0.05) is 24.5 Å². The molecule has 1 fully saturated rings. The van der Waals surface area contributed by atoms with Crippen LogP contribution in [-0.2, 0) is 4.79 Å². The standard InChI is InChI=1S/C19H22N6O/c1-3-15-16(4-2)25(23-18-17(15)21-22-19(18)26)12-13-6-8-14(9-7-13)24-11-5-10-20-24/h3-6,8-11,13,18,23H,7,12H2,1-2H3,(H,22,26)/b15-3+,16-4+. The summed E-state index contributed by atoms with van der Waals surface area (Å²) in [6.45, 7) is 4.75. The van der Waals surface area contributed by atoms with Crippen LogP contribution in [0.15, 0.2) is 65.2 Å². The molecule has 7 nitrogen and oxygen atoms in total. The molecule has 2 unspecified atom stereocenters. The van der Waals surface area contributed by atoms with Crippen LogP contribution in [-0.4, -0.2) is 39.0 Å². The molecule has 1 amide bonds. The number of carbonyl (C=O) groups is 1. The van der Waals surface area contributed by atoms with Gasteiger partial charge < -0.3 is 5.01 Å². The Morgan fingerprint density at radius 3 is 2.88 bits per heavy atom. The summed E-state index contributed by atoms with van der Waals surface area (Å²) in [5.74, 6) is 0.234. The van der Waals surface area contributed by atoms with Crippen LogP contribution in [0.1, 0.15) is 20.3 Å². The van der Waals surface area contributed by atoms with Crippen molar-refractivity contribution in [1.82, 2.24) is 25.6 Å². The Balaban J connectivity index is 1.50. The van der Waals surface area contributed by atoms with Gasteiger partial charge in [0.2, 0.25) is 0 Å². The van der Waals surface area contributed by atoms with Gasteiger partial charge in [-0.25, -0.2) is 15.5 Å². The monoisotopic (exact) mass is 350 g/mol. The molecule has 0 saturated carbocycles. The number of hydrogen-bond donors (Lipinski definition) is 2. The van der Waals surface area contributed by atoms with Crippen molar-refractivity contribution >= 4 is 17.3 Å². The topological polar surface area (TPSA) is 74.6 Å². The van der Waals surface area contributed by atoms with Crippen LogP contribution in [0.2, 0.25) is 0 Å². The van der Waals surface area contributed by atoms with Crippen molar-refractivity contribution in [3.05, 3.63) is 60.1 Å². The second-order valence-corrected chi connectivity index (χ2v) is 6.46. The van der Waals surface area contributed by atoms with Gasteiger partial charge in [-0.2, -0.15) is 10.2 Å². The summed E-state index contributed by atoms with van der Waals surface area (Å²) in [6.07, 6.45) is 15.2. The molecule has 3 aliphatic rings. The average Bonchev–Trinajstić information content (AvgIpc) is 3.32. The third-order valence-corrected chi connectivity index (χ3v) is 4.87. The highest BCUT2D eigenvalue weighted by Crippen LogP contribution is 2.28. The number of nitrogens with one attached hydrogen (secondary N) is 2. The van der Waals surface area contributed by atoms with Crippen molar-refractivity contribution in [2.24, 2.45) is 11.0 Å². The maximum Gasteiger partial charge on any atom is 0.265 e. The van der Waals surface area contributed by atoms with Gasteiger partial charge in [0.1, 0.15) is 0 Å². The highest BCUT2D eigenvalue weighted by atomic mass is 16.2. The van der Waals surface area contributed by atoms with Crippen molar-refractivity contribution < 1.29 is 4.79 Å². The van der Waals surface area contributed by atoms with E-state index in [4.69, 9.17) is 0 Å². The molecule has 134 valence electrons. The zero-order chi connectivity index (χ0) is 18.1. The van der Waals surface area contributed by atoms with Gasteiger partial charge in [-0.3, -0.25) is 4.79 Å². The molecule has 1 aromatic heterocycles. The number of hydrazone groups is 1. The normalized spacial score (nSPS) is 28.2. The summed E-state index contributed by atoms with van der Waals surface area (Å²) < 4.78 is 1.87. The molecule has 2 N–H and O–H groups in total. The fourth-order valence-electron chi connectivity index (χ4n) is 3.58. The Morgan fingerprint density at radius 2 is 2.23 bits per heavy atom. The van der Waals surface area contributed by atoms with E-state index in [2.05, 4.69) is 50.4 Å². The van der Waals surface area contributed by atoms with Crippen molar-refractivity contribution in [3.8, 4) is 0 Å². The highest BCUT2D eigenvalue weighted by molar-refractivity contribution is 6.21. The van der Waals surface area contributed by atoms with Crippen molar-refractivity contribution in [2.75, 3.05) is 6.54 Å². The average molecular weight is 350 g/mol. The fourth-order valence-corrected chi connectivity index (χ4v) is 3.58. The lowest BCUT2D eigenvalue weighted by Crippen LogP contribution is -2.57. The van der Waals surface area contributed by atoms with Gasteiger partial charge in [-0.1, -0.05) is 24.3 Å². The molecule has 1 saturated heterocycles. The lowest BCUT2D eigenvalue weighted by atomic mass is 9.94. The molecular formula is C19H22N6O. The summed E-state index contributed by atoms with van der Waals surface area (Å²) in [7, 11) is 0. The molecule has 0 radical (unpaired) electrons. The number of hydrazine groups is 1. The van der Waals surface area contributed by atoms with Crippen LogP contribution in [0.4, 0.5) is 0 Å². The minimum Gasteiger partial charge on any atom is -0.306 e.